The van der Waals surface area contributed by atoms with E-state index in [1.807, 2.05) is 92.7 Å². The Hall–Kier alpha value is -4.17. The summed E-state index contributed by atoms with van der Waals surface area (Å²) in [5, 5.41) is 19.9. The van der Waals surface area contributed by atoms with Crippen molar-refractivity contribution in [2.24, 2.45) is 5.92 Å². The predicted molar refractivity (Wildman–Crippen MR) is 164 cm³/mol. The van der Waals surface area contributed by atoms with Gasteiger partial charge in [0.05, 0.1) is 25.7 Å². The molecular formula is C34H43N3O5. The first-order valence-electron chi connectivity index (χ1n) is 14.5. The van der Waals surface area contributed by atoms with E-state index in [0.717, 1.165) is 23.1 Å². The van der Waals surface area contributed by atoms with Crippen LogP contribution in [0.4, 0.5) is 0 Å². The number of amides is 3. The van der Waals surface area contributed by atoms with Crippen molar-refractivity contribution in [2.45, 2.75) is 64.1 Å². The molecule has 0 spiro atoms. The summed E-state index contributed by atoms with van der Waals surface area (Å²) in [7, 11) is 1.55. The summed E-state index contributed by atoms with van der Waals surface area (Å²) in [6.07, 6.45) is 0.508. The van der Waals surface area contributed by atoms with Crippen molar-refractivity contribution in [3.8, 4) is 5.75 Å². The number of aliphatic hydroxyl groups excluding tert-OH is 1. The number of rotatable bonds is 16. The number of hydrogen-bond donors (Lipinski definition) is 4. The lowest BCUT2D eigenvalue weighted by molar-refractivity contribution is -0.130. The van der Waals surface area contributed by atoms with Crippen LogP contribution in [-0.4, -0.2) is 54.7 Å². The highest BCUT2D eigenvalue weighted by atomic mass is 16.5. The fourth-order valence-electron chi connectivity index (χ4n) is 4.76. The Morgan fingerprint density at radius 1 is 0.810 bits per heavy atom. The van der Waals surface area contributed by atoms with Crippen LogP contribution >= 0.6 is 0 Å². The Kier molecular flexibility index (Phi) is 13.0. The van der Waals surface area contributed by atoms with Crippen LogP contribution in [0.1, 0.15) is 43.4 Å². The lowest BCUT2D eigenvalue weighted by Crippen LogP contribution is -2.55. The molecule has 0 fully saturated rings. The first-order valence-corrected chi connectivity index (χ1v) is 14.5. The molecule has 3 aromatic carbocycles. The zero-order chi connectivity index (χ0) is 30.3. The van der Waals surface area contributed by atoms with Gasteiger partial charge in [-0.3, -0.25) is 14.4 Å². The second-order valence-electron chi connectivity index (χ2n) is 10.8. The summed E-state index contributed by atoms with van der Waals surface area (Å²) in [6, 6.07) is 25.3. The van der Waals surface area contributed by atoms with Gasteiger partial charge in [0.1, 0.15) is 11.8 Å². The third-order valence-electron chi connectivity index (χ3n) is 7.15. The first-order chi connectivity index (χ1) is 20.3. The molecule has 8 heteroatoms. The molecule has 3 amide bonds. The molecular weight excluding hydrogens is 530 g/mol. The molecule has 0 bridgehead atoms. The molecule has 0 aliphatic rings. The van der Waals surface area contributed by atoms with Crippen LogP contribution in [0.2, 0.25) is 0 Å². The summed E-state index contributed by atoms with van der Waals surface area (Å²) >= 11 is 0. The van der Waals surface area contributed by atoms with Gasteiger partial charge in [-0.2, -0.15) is 0 Å². The highest BCUT2D eigenvalue weighted by molar-refractivity contribution is 5.89. The van der Waals surface area contributed by atoms with Gasteiger partial charge in [0.15, 0.2) is 0 Å². The van der Waals surface area contributed by atoms with Crippen LogP contribution in [0.5, 0.6) is 5.75 Å². The van der Waals surface area contributed by atoms with E-state index in [0.29, 0.717) is 18.7 Å². The molecule has 0 radical (unpaired) electrons. The number of benzene rings is 3. The van der Waals surface area contributed by atoms with Gasteiger partial charge in [-0.25, -0.2) is 0 Å². The maximum Gasteiger partial charge on any atom is 0.243 e. The molecule has 0 heterocycles. The average molecular weight is 574 g/mol. The first kappa shape index (κ1) is 32.3. The van der Waals surface area contributed by atoms with Crippen molar-refractivity contribution in [3.05, 3.63) is 102 Å². The minimum Gasteiger partial charge on any atom is -0.496 e. The van der Waals surface area contributed by atoms with E-state index >= 15 is 0 Å². The monoisotopic (exact) mass is 573 g/mol. The standard InChI is InChI=1S/C34H43N3O5/c1-24(2)33(37-32(40)23-27-16-10-11-17-30(27)42-3)34(41)36-28(22-26-14-8-5-9-15-26)29(38)18-19-31(39)35-21-20-25-12-6-4-7-13-25/h4-17,24,28-29,33,38H,18-23H2,1-3H3,(H,35,39)(H,36,41)(H,37,40). The lowest BCUT2D eigenvalue weighted by Gasteiger charge is -2.28. The van der Waals surface area contributed by atoms with Gasteiger partial charge in [-0.05, 0) is 42.4 Å². The van der Waals surface area contributed by atoms with Crippen LogP contribution < -0.4 is 20.7 Å². The van der Waals surface area contributed by atoms with Gasteiger partial charge >= 0.3 is 0 Å². The molecule has 3 atom stereocenters. The molecule has 3 unspecified atom stereocenters. The van der Waals surface area contributed by atoms with Crippen LogP contribution in [0.3, 0.4) is 0 Å². The molecule has 8 nitrogen and oxygen atoms in total. The van der Waals surface area contributed by atoms with Gasteiger partial charge in [0.25, 0.3) is 0 Å². The lowest BCUT2D eigenvalue weighted by atomic mass is 9.96. The summed E-state index contributed by atoms with van der Waals surface area (Å²) < 4.78 is 5.35. The van der Waals surface area contributed by atoms with E-state index in [-0.39, 0.29) is 42.9 Å². The Balaban J connectivity index is 1.61. The van der Waals surface area contributed by atoms with E-state index in [9.17, 15) is 19.5 Å². The van der Waals surface area contributed by atoms with Gasteiger partial charge in [0.2, 0.25) is 17.7 Å². The highest BCUT2D eigenvalue weighted by Gasteiger charge is 2.29. The van der Waals surface area contributed by atoms with Gasteiger partial charge < -0.3 is 25.8 Å². The molecule has 4 N–H and O–H groups in total. The molecule has 0 saturated carbocycles. The van der Waals surface area contributed by atoms with Crippen molar-refractivity contribution in [1.29, 1.82) is 0 Å². The fraction of sp³-hybridized carbons (Fsp3) is 0.382. The Labute approximate surface area is 248 Å². The number of methoxy groups -OCH3 is 1. The third-order valence-corrected chi connectivity index (χ3v) is 7.15. The van der Waals surface area contributed by atoms with Crippen LogP contribution in [-0.2, 0) is 33.6 Å². The number of aliphatic hydroxyl groups is 1. The zero-order valence-electron chi connectivity index (χ0n) is 24.7. The zero-order valence-corrected chi connectivity index (χ0v) is 24.7. The molecule has 42 heavy (non-hydrogen) atoms. The second-order valence-corrected chi connectivity index (χ2v) is 10.8. The third kappa shape index (κ3) is 10.7. The average Bonchev–Trinajstić information content (AvgIpc) is 2.99. The van der Waals surface area contributed by atoms with E-state index in [4.69, 9.17) is 4.74 Å². The Bertz CT molecular complexity index is 1270. The van der Waals surface area contributed by atoms with E-state index in [1.54, 1.807) is 13.2 Å². The van der Waals surface area contributed by atoms with E-state index in [2.05, 4.69) is 16.0 Å². The second kappa shape index (κ2) is 16.9. The highest BCUT2D eigenvalue weighted by Crippen LogP contribution is 2.18. The molecule has 0 saturated heterocycles. The predicted octanol–water partition coefficient (Wildman–Crippen LogP) is 3.61. The normalized spacial score (nSPS) is 13.1. The Morgan fingerprint density at radius 3 is 2.07 bits per heavy atom. The summed E-state index contributed by atoms with van der Waals surface area (Å²) in [5.41, 5.74) is 2.80. The van der Waals surface area contributed by atoms with Crippen molar-refractivity contribution >= 4 is 17.7 Å². The number of para-hydroxylation sites is 1. The quantitative estimate of drug-likeness (QED) is 0.209. The number of carbonyl (C=O) groups is 3. The van der Waals surface area contributed by atoms with Crippen molar-refractivity contribution < 1.29 is 24.2 Å². The number of ether oxygens (including phenoxy) is 1. The SMILES string of the molecule is COc1ccccc1CC(=O)NC(C(=O)NC(Cc1ccccc1)C(O)CCC(=O)NCCc1ccccc1)C(C)C. The van der Waals surface area contributed by atoms with Crippen molar-refractivity contribution in [3.63, 3.8) is 0 Å². The van der Waals surface area contributed by atoms with Crippen LogP contribution in [0.25, 0.3) is 0 Å². The summed E-state index contributed by atoms with van der Waals surface area (Å²) in [5.74, 6) is -0.436. The van der Waals surface area contributed by atoms with Gasteiger partial charge in [0, 0.05) is 18.5 Å². The number of nitrogens with one attached hydrogen (secondary N) is 3. The van der Waals surface area contributed by atoms with Gasteiger partial charge in [-0.15, -0.1) is 0 Å². The summed E-state index contributed by atoms with van der Waals surface area (Å²) in [6.45, 7) is 4.22. The minimum atomic E-state index is -0.967. The Morgan fingerprint density at radius 2 is 1.43 bits per heavy atom. The van der Waals surface area contributed by atoms with Crippen LogP contribution in [0.15, 0.2) is 84.9 Å². The van der Waals surface area contributed by atoms with E-state index < -0.39 is 18.2 Å². The smallest absolute Gasteiger partial charge is 0.243 e. The summed E-state index contributed by atoms with van der Waals surface area (Å²) in [4.78, 5) is 38.9. The molecule has 3 rings (SSSR count). The molecule has 0 aromatic heterocycles. The van der Waals surface area contributed by atoms with Gasteiger partial charge in [-0.1, -0.05) is 92.7 Å². The molecule has 0 aliphatic carbocycles. The molecule has 224 valence electrons. The topological polar surface area (TPSA) is 117 Å². The number of hydrogen-bond acceptors (Lipinski definition) is 5. The van der Waals surface area contributed by atoms with Crippen LogP contribution in [0, 0.1) is 5.92 Å². The van der Waals surface area contributed by atoms with Crippen molar-refractivity contribution in [2.75, 3.05) is 13.7 Å². The maximum absolute atomic E-state index is 13.5. The van der Waals surface area contributed by atoms with E-state index in [1.165, 1.54) is 0 Å². The molecule has 3 aromatic rings. The minimum absolute atomic E-state index is 0.0654. The fourth-order valence-corrected chi connectivity index (χ4v) is 4.76. The maximum atomic E-state index is 13.5. The van der Waals surface area contributed by atoms with Crippen molar-refractivity contribution in [1.82, 2.24) is 16.0 Å². The number of carbonyl (C=O) groups excluding carboxylic acids is 3. The largest absolute Gasteiger partial charge is 0.496 e. The molecule has 0 aliphatic heterocycles.